The zero-order valence-corrected chi connectivity index (χ0v) is 20.0. The Balaban J connectivity index is 1.49. The number of benzene rings is 1. The van der Waals surface area contributed by atoms with Crippen LogP contribution in [0, 0.1) is 17.8 Å². The molecule has 1 aromatic heterocycles. The van der Waals surface area contributed by atoms with Gasteiger partial charge in [0.25, 0.3) is 0 Å². The predicted octanol–water partition coefficient (Wildman–Crippen LogP) is 4.45. The second-order valence-electron chi connectivity index (χ2n) is 8.32. The summed E-state index contributed by atoms with van der Waals surface area (Å²) in [6, 6.07) is 13.8. The van der Waals surface area contributed by atoms with Crippen molar-refractivity contribution in [3.63, 3.8) is 0 Å². The Morgan fingerprint density at radius 1 is 1.30 bits per heavy atom. The van der Waals surface area contributed by atoms with E-state index in [0.29, 0.717) is 17.8 Å². The van der Waals surface area contributed by atoms with Crippen LogP contribution in [-0.4, -0.2) is 47.7 Å². The Kier molecular flexibility index (Phi) is 9.29. The van der Waals surface area contributed by atoms with Gasteiger partial charge in [0.15, 0.2) is 0 Å². The summed E-state index contributed by atoms with van der Waals surface area (Å²) in [5.41, 5.74) is 1.32. The average molecular weight is 466 g/mol. The van der Waals surface area contributed by atoms with Crippen molar-refractivity contribution >= 4 is 23.2 Å². The lowest BCUT2D eigenvalue weighted by molar-refractivity contribution is -0.127. The highest BCUT2D eigenvalue weighted by molar-refractivity contribution is 7.14. The van der Waals surface area contributed by atoms with Gasteiger partial charge in [-0.1, -0.05) is 61.2 Å². The van der Waals surface area contributed by atoms with Crippen molar-refractivity contribution < 1.29 is 19.4 Å². The number of aliphatic hydroxyl groups is 1. The lowest BCUT2D eigenvalue weighted by atomic mass is 9.95. The molecule has 3 rings (SSSR count). The molecule has 33 heavy (non-hydrogen) atoms. The molecule has 5 nitrogen and oxygen atoms in total. The van der Waals surface area contributed by atoms with Gasteiger partial charge >= 0.3 is 5.97 Å². The molecule has 1 fully saturated rings. The largest absolute Gasteiger partial charge is 0.465 e. The number of hydrogen-bond acceptors (Lipinski definition) is 5. The Hall–Kier alpha value is -2.88. The molecule has 2 heterocycles. The summed E-state index contributed by atoms with van der Waals surface area (Å²) in [6.45, 7) is 2.38. The van der Waals surface area contributed by atoms with E-state index in [1.54, 1.807) is 17.0 Å². The monoisotopic (exact) mass is 465 g/mol. The predicted molar refractivity (Wildman–Crippen MR) is 131 cm³/mol. The van der Waals surface area contributed by atoms with Crippen LogP contribution in [0.3, 0.4) is 0 Å². The summed E-state index contributed by atoms with van der Waals surface area (Å²) >= 11 is 1.27. The Morgan fingerprint density at radius 3 is 2.85 bits per heavy atom. The zero-order chi connectivity index (χ0) is 23.6. The highest BCUT2D eigenvalue weighted by Gasteiger charge is 2.28. The molecule has 6 heteroatoms. The average Bonchev–Trinajstić information content (AvgIpc) is 3.44. The molecule has 174 valence electrons. The van der Waals surface area contributed by atoms with Crippen molar-refractivity contribution in [2.24, 2.45) is 5.92 Å². The van der Waals surface area contributed by atoms with Crippen LogP contribution in [0.1, 0.15) is 52.7 Å². The highest BCUT2D eigenvalue weighted by atomic mass is 32.1. The molecular weight excluding hydrogens is 434 g/mol. The summed E-state index contributed by atoms with van der Waals surface area (Å²) in [4.78, 5) is 26.9. The molecule has 0 aliphatic carbocycles. The van der Waals surface area contributed by atoms with Crippen LogP contribution in [-0.2, 0) is 16.0 Å². The molecule has 1 saturated heterocycles. The summed E-state index contributed by atoms with van der Waals surface area (Å²) in [6.07, 6.45) is 7.45. The molecule has 1 aromatic carbocycles. The molecule has 0 spiro atoms. The SMILES string of the molecule is COC(=O)c1ccc(C#CCN2C(=O)CC[C@@H]2/C=C/C(O)C(C)CCCc2ccccc2)s1. The maximum Gasteiger partial charge on any atom is 0.348 e. The Labute approximate surface area is 200 Å². The normalized spacial score (nSPS) is 17.6. The van der Waals surface area contributed by atoms with Gasteiger partial charge in [-0.25, -0.2) is 4.79 Å². The molecule has 0 radical (unpaired) electrons. The smallest absolute Gasteiger partial charge is 0.348 e. The third-order valence-corrected chi connectivity index (χ3v) is 6.89. The van der Waals surface area contributed by atoms with E-state index in [4.69, 9.17) is 4.74 Å². The Morgan fingerprint density at radius 2 is 2.09 bits per heavy atom. The molecule has 1 aliphatic heterocycles. The zero-order valence-electron chi connectivity index (χ0n) is 19.2. The minimum Gasteiger partial charge on any atom is -0.465 e. The van der Waals surface area contributed by atoms with Crippen LogP contribution in [0.5, 0.6) is 0 Å². The van der Waals surface area contributed by atoms with E-state index in [0.717, 1.165) is 30.6 Å². The van der Waals surface area contributed by atoms with E-state index in [2.05, 4.69) is 43.0 Å². The van der Waals surface area contributed by atoms with Crippen molar-refractivity contribution in [1.82, 2.24) is 4.90 Å². The number of nitrogens with zero attached hydrogens (tertiary/aromatic N) is 1. The Bertz CT molecular complexity index is 1020. The lowest BCUT2D eigenvalue weighted by Crippen LogP contribution is -2.32. The summed E-state index contributed by atoms with van der Waals surface area (Å²) in [5.74, 6) is 5.92. The molecular formula is C27H31NO4S. The summed E-state index contributed by atoms with van der Waals surface area (Å²) in [7, 11) is 1.35. The van der Waals surface area contributed by atoms with Crippen LogP contribution in [0.25, 0.3) is 0 Å². The van der Waals surface area contributed by atoms with Crippen LogP contribution < -0.4 is 0 Å². The van der Waals surface area contributed by atoms with Gasteiger partial charge in [-0.2, -0.15) is 0 Å². The van der Waals surface area contributed by atoms with Crippen LogP contribution in [0.4, 0.5) is 0 Å². The number of rotatable bonds is 9. The minimum absolute atomic E-state index is 0.0491. The first-order valence-corrected chi connectivity index (χ1v) is 12.2. The fourth-order valence-electron chi connectivity index (χ4n) is 3.86. The molecule has 0 saturated carbocycles. The van der Waals surface area contributed by atoms with E-state index >= 15 is 0 Å². The number of ether oxygens (including phenoxy) is 1. The topological polar surface area (TPSA) is 66.8 Å². The van der Waals surface area contributed by atoms with Gasteiger partial charge in [-0.15, -0.1) is 11.3 Å². The first-order chi connectivity index (χ1) is 16.0. The van der Waals surface area contributed by atoms with Gasteiger partial charge in [-0.05, 0) is 49.3 Å². The van der Waals surface area contributed by atoms with E-state index in [-0.39, 0.29) is 23.8 Å². The van der Waals surface area contributed by atoms with E-state index in [1.165, 1.54) is 24.0 Å². The molecule has 1 aliphatic rings. The van der Waals surface area contributed by atoms with Crippen molar-refractivity contribution in [3.8, 4) is 11.8 Å². The first-order valence-electron chi connectivity index (χ1n) is 11.3. The van der Waals surface area contributed by atoms with Gasteiger partial charge in [0.05, 0.1) is 30.7 Å². The minimum atomic E-state index is -0.535. The number of hydrogen-bond donors (Lipinski definition) is 1. The van der Waals surface area contributed by atoms with Gasteiger partial charge in [0.2, 0.25) is 5.91 Å². The number of methoxy groups -OCH3 is 1. The van der Waals surface area contributed by atoms with Crippen LogP contribution in [0.2, 0.25) is 0 Å². The van der Waals surface area contributed by atoms with E-state index < -0.39 is 6.10 Å². The maximum atomic E-state index is 12.3. The number of thiophene rings is 1. The quantitative estimate of drug-likeness (QED) is 0.337. The standard InChI is InChI=1S/C27H31NO4S/c1-20(8-6-11-21-9-4-3-5-10-21)24(29)16-13-22-14-18-26(30)28(22)19-7-12-23-15-17-25(33-23)27(31)32-2/h3-5,9-10,13,15-17,20,22,24,29H,6,8,11,14,18-19H2,1-2H3/b16-13+/t20?,22-,24?/m0/s1. The van der Waals surface area contributed by atoms with Crippen molar-refractivity contribution in [1.29, 1.82) is 0 Å². The first kappa shape index (κ1) is 24.8. The van der Waals surface area contributed by atoms with E-state index in [9.17, 15) is 14.7 Å². The number of aryl methyl sites for hydroxylation is 1. The molecule has 1 N–H and O–H groups in total. The molecule has 3 atom stereocenters. The number of likely N-dealkylation sites (tertiary alicyclic amines) is 1. The summed E-state index contributed by atoms with van der Waals surface area (Å²) in [5, 5.41) is 10.6. The highest BCUT2D eigenvalue weighted by Crippen LogP contribution is 2.21. The fraction of sp³-hybridized carbons (Fsp3) is 0.407. The number of aliphatic hydroxyl groups excluding tert-OH is 1. The number of esters is 1. The number of amides is 1. The van der Waals surface area contributed by atoms with Crippen LogP contribution >= 0.6 is 11.3 Å². The number of carbonyl (C=O) groups is 2. The fourth-order valence-corrected chi connectivity index (χ4v) is 4.66. The number of carbonyl (C=O) groups excluding carboxylic acids is 2. The summed E-state index contributed by atoms with van der Waals surface area (Å²) < 4.78 is 4.71. The van der Waals surface area contributed by atoms with Crippen LogP contribution in [0.15, 0.2) is 54.6 Å². The molecule has 0 bridgehead atoms. The van der Waals surface area contributed by atoms with Gasteiger partial charge in [0, 0.05) is 6.42 Å². The third kappa shape index (κ3) is 7.31. The van der Waals surface area contributed by atoms with Gasteiger partial charge in [-0.3, -0.25) is 4.79 Å². The second kappa shape index (κ2) is 12.4. The molecule has 2 unspecified atom stereocenters. The van der Waals surface area contributed by atoms with E-state index in [1.807, 2.05) is 18.2 Å². The maximum absolute atomic E-state index is 12.3. The van der Waals surface area contributed by atoms with Crippen molar-refractivity contribution in [2.45, 2.75) is 51.2 Å². The lowest BCUT2D eigenvalue weighted by Gasteiger charge is -2.21. The van der Waals surface area contributed by atoms with Gasteiger partial charge < -0.3 is 14.7 Å². The van der Waals surface area contributed by atoms with Crippen molar-refractivity contribution in [3.05, 3.63) is 69.9 Å². The molecule has 1 amide bonds. The van der Waals surface area contributed by atoms with Gasteiger partial charge in [0.1, 0.15) is 4.88 Å². The van der Waals surface area contributed by atoms with Crippen molar-refractivity contribution in [2.75, 3.05) is 13.7 Å². The second-order valence-corrected chi connectivity index (χ2v) is 9.40. The molecule has 2 aromatic rings. The third-order valence-electron chi connectivity index (χ3n) is 5.91.